The van der Waals surface area contributed by atoms with Crippen LogP contribution in [-0.4, -0.2) is 84.1 Å². The van der Waals surface area contributed by atoms with Crippen LogP contribution in [0.3, 0.4) is 0 Å². The van der Waals surface area contributed by atoms with E-state index in [0.717, 1.165) is 17.8 Å². The highest BCUT2D eigenvalue weighted by molar-refractivity contribution is 8.01. The molecule has 2 aliphatic heterocycles. The Balaban J connectivity index is 1.31. The van der Waals surface area contributed by atoms with Crippen molar-refractivity contribution in [2.45, 2.75) is 34.7 Å². The van der Waals surface area contributed by atoms with E-state index in [1.807, 2.05) is 12.2 Å². The second-order valence-corrected chi connectivity index (χ2v) is 12.0. The van der Waals surface area contributed by atoms with Crippen LogP contribution in [0.15, 0.2) is 43.8 Å². The van der Waals surface area contributed by atoms with Crippen LogP contribution in [0.4, 0.5) is 5.13 Å². The van der Waals surface area contributed by atoms with Gasteiger partial charge in [0.15, 0.2) is 15.2 Å². The number of rotatable bonds is 11. The summed E-state index contributed by atoms with van der Waals surface area (Å²) in [5.41, 5.74) is 2.12. The lowest BCUT2D eigenvalue weighted by Crippen LogP contribution is -2.71. The van der Waals surface area contributed by atoms with E-state index in [-0.39, 0.29) is 28.3 Å². The zero-order valence-corrected chi connectivity index (χ0v) is 22.6. The van der Waals surface area contributed by atoms with E-state index in [2.05, 4.69) is 31.0 Å². The number of fused-ring (bicyclic) bond motifs is 1. The Bertz CT molecular complexity index is 1340. The minimum atomic E-state index is -1.21. The van der Waals surface area contributed by atoms with E-state index < -0.39 is 29.2 Å². The molecule has 0 aromatic carbocycles. The SMILES string of the molecule is O=CNc1nc(/C(=N/OC2C=CCC2)C(=O)NC2C(=O)N3C(C(=O)O)=C(CSc4nncs4)CS[C@H]23)cs1. The summed E-state index contributed by atoms with van der Waals surface area (Å²) in [6.45, 7) is 0. The van der Waals surface area contributed by atoms with E-state index in [9.17, 15) is 24.3 Å². The van der Waals surface area contributed by atoms with Gasteiger partial charge in [-0.25, -0.2) is 9.78 Å². The first-order valence-corrected chi connectivity index (χ1v) is 14.9. The maximum Gasteiger partial charge on any atom is 0.352 e. The number of aliphatic carboxylic acids is 1. The fraction of sp³-hybridized carbons (Fsp3) is 0.333. The molecule has 1 fully saturated rings. The van der Waals surface area contributed by atoms with Crippen molar-refractivity contribution in [3.8, 4) is 0 Å². The number of thioether (sulfide) groups is 2. The van der Waals surface area contributed by atoms with Crippen LogP contribution in [0.5, 0.6) is 0 Å². The van der Waals surface area contributed by atoms with Crippen molar-refractivity contribution in [3.05, 3.63) is 40.0 Å². The van der Waals surface area contributed by atoms with Crippen molar-refractivity contribution in [2.75, 3.05) is 16.8 Å². The smallest absolute Gasteiger partial charge is 0.352 e. The summed E-state index contributed by atoms with van der Waals surface area (Å²) in [6, 6.07) is -0.956. The molecule has 1 aliphatic carbocycles. The minimum absolute atomic E-state index is 0.0735. The summed E-state index contributed by atoms with van der Waals surface area (Å²) >= 11 is 5.16. The minimum Gasteiger partial charge on any atom is -0.477 e. The Hall–Kier alpha value is -3.28. The molecular formula is C21H19N7O6S4. The standard InChI is InChI=1S/C21H19N7O6S4/c29-8-22-20-24-12(7-36-20)13(27-34-11-3-1-2-4-11)16(30)25-14-17(31)28-15(19(32)33)10(5-35-18(14)28)6-37-21-26-23-9-38-21/h1,3,7-9,11,14,18H,2,4-6H2,(H,25,30)(H,32,33)(H,22,24,29)/b27-13-/t11?,14?,18-/m1/s1. The number of oxime groups is 1. The van der Waals surface area contributed by atoms with Gasteiger partial charge in [-0.15, -0.1) is 33.3 Å². The van der Waals surface area contributed by atoms with Gasteiger partial charge in [0.2, 0.25) is 6.41 Å². The largest absolute Gasteiger partial charge is 0.477 e. The summed E-state index contributed by atoms with van der Waals surface area (Å²) in [5.74, 6) is -1.72. The second-order valence-electron chi connectivity index (χ2n) is 8.00. The van der Waals surface area contributed by atoms with E-state index in [1.165, 1.54) is 45.1 Å². The quantitative estimate of drug-likeness (QED) is 0.0860. The molecule has 3 aliphatic rings. The average molecular weight is 594 g/mol. The molecule has 4 heterocycles. The maximum atomic E-state index is 13.3. The fourth-order valence-corrected chi connectivity index (χ4v) is 7.52. The molecule has 0 saturated carbocycles. The van der Waals surface area contributed by atoms with Gasteiger partial charge in [-0.05, 0) is 24.5 Å². The molecule has 0 spiro atoms. The van der Waals surface area contributed by atoms with Gasteiger partial charge in [0.1, 0.15) is 34.4 Å². The lowest BCUT2D eigenvalue weighted by atomic mass is 10.0. The normalized spacial score (nSPS) is 22.6. The number of carbonyl (C=O) groups is 4. The molecule has 3 amide bonds. The highest BCUT2D eigenvalue weighted by atomic mass is 32.2. The maximum absolute atomic E-state index is 13.3. The van der Waals surface area contributed by atoms with Gasteiger partial charge in [-0.3, -0.25) is 19.3 Å². The van der Waals surface area contributed by atoms with Crippen LogP contribution < -0.4 is 10.6 Å². The highest BCUT2D eigenvalue weighted by Crippen LogP contribution is 2.41. The third-order valence-electron chi connectivity index (χ3n) is 5.64. The number of carbonyl (C=O) groups excluding carboxylic acids is 3. The molecule has 1 saturated heterocycles. The summed E-state index contributed by atoms with van der Waals surface area (Å²) in [6.07, 6.45) is 5.51. The number of hydrogen-bond donors (Lipinski definition) is 3. The number of nitrogens with zero attached hydrogens (tertiary/aromatic N) is 5. The van der Waals surface area contributed by atoms with Gasteiger partial charge in [0, 0.05) is 16.9 Å². The van der Waals surface area contributed by atoms with Gasteiger partial charge in [0.25, 0.3) is 11.8 Å². The number of anilines is 1. The van der Waals surface area contributed by atoms with Gasteiger partial charge < -0.3 is 20.6 Å². The number of nitrogens with one attached hydrogen (secondary N) is 2. The van der Waals surface area contributed by atoms with Gasteiger partial charge in [-0.1, -0.05) is 34.3 Å². The van der Waals surface area contributed by atoms with Gasteiger partial charge >= 0.3 is 5.97 Å². The van der Waals surface area contributed by atoms with E-state index in [4.69, 9.17) is 4.84 Å². The number of amides is 3. The van der Waals surface area contributed by atoms with Crippen LogP contribution >= 0.6 is 46.2 Å². The summed E-state index contributed by atoms with van der Waals surface area (Å²) in [5, 5.41) is 27.9. The fourth-order valence-electron chi connectivity index (χ4n) is 3.90. The monoisotopic (exact) mass is 593 g/mol. The molecule has 17 heteroatoms. The third-order valence-corrected chi connectivity index (χ3v) is 9.70. The lowest BCUT2D eigenvalue weighted by molar-refractivity contribution is -0.150. The molecule has 0 radical (unpaired) electrons. The molecule has 2 aromatic heterocycles. The van der Waals surface area contributed by atoms with Crippen molar-refractivity contribution < 1.29 is 29.1 Å². The van der Waals surface area contributed by atoms with Crippen LogP contribution in [0, 0.1) is 0 Å². The average Bonchev–Trinajstić information content (AvgIpc) is 3.69. The summed E-state index contributed by atoms with van der Waals surface area (Å²) in [4.78, 5) is 60.1. The number of carboxylic acids is 1. The van der Waals surface area contributed by atoms with Crippen LogP contribution in [0.25, 0.3) is 0 Å². The predicted molar refractivity (Wildman–Crippen MR) is 142 cm³/mol. The van der Waals surface area contributed by atoms with Crippen molar-refractivity contribution in [1.29, 1.82) is 0 Å². The highest BCUT2D eigenvalue weighted by Gasteiger charge is 2.54. The number of carboxylic acid groups (broad SMARTS) is 1. The zero-order valence-electron chi connectivity index (χ0n) is 19.3. The molecular weight excluding hydrogens is 575 g/mol. The first-order chi connectivity index (χ1) is 18.5. The van der Waals surface area contributed by atoms with E-state index >= 15 is 0 Å². The number of thiazole rings is 1. The Morgan fingerprint density at radius 2 is 2.24 bits per heavy atom. The van der Waals surface area contributed by atoms with Crippen LogP contribution in [0.2, 0.25) is 0 Å². The number of aromatic nitrogens is 3. The number of β-lactam (4-membered cyclic amide) rings is 1. The topological polar surface area (TPSA) is 176 Å². The molecule has 13 nitrogen and oxygen atoms in total. The first-order valence-electron chi connectivity index (χ1n) is 11.1. The van der Waals surface area contributed by atoms with Crippen molar-refractivity contribution in [3.63, 3.8) is 0 Å². The van der Waals surface area contributed by atoms with Crippen molar-refractivity contribution in [2.24, 2.45) is 5.16 Å². The van der Waals surface area contributed by atoms with Crippen LogP contribution in [-0.2, 0) is 24.0 Å². The number of allylic oxidation sites excluding steroid dienone is 1. The Kier molecular flexibility index (Phi) is 8.06. The Morgan fingerprint density at radius 1 is 1.37 bits per heavy atom. The summed E-state index contributed by atoms with van der Waals surface area (Å²) in [7, 11) is 0. The van der Waals surface area contributed by atoms with E-state index in [1.54, 1.807) is 5.51 Å². The predicted octanol–water partition coefficient (Wildman–Crippen LogP) is 1.53. The number of hydrogen-bond acceptors (Lipinski definition) is 13. The van der Waals surface area contributed by atoms with Crippen molar-refractivity contribution in [1.82, 2.24) is 25.4 Å². The van der Waals surface area contributed by atoms with E-state index in [0.29, 0.717) is 34.2 Å². The first kappa shape index (κ1) is 26.3. The molecule has 2 unspecified atom stereocenters. The van der Waals surface area contributed by atoms with Crippen molar-refractivity contribution >= 4 is 81.2 Å². The van der Waals surface area contributed by atoms with Crippen LogP contribution in [0.1, 0.15) is 18.5 Å². The summed E-state index contributed by atoms with van der Waals surface area (Å²) < 4.78 is 0.699. The zero-order chi connectivity index (χ0) is 26.6. The molecule has 198 valence electrons. The Labute approximate surface area is 231 Å². The third kappa shape index (κ3) is 5.45. The molecule has 3 atom stereocenters. The Morgan fingerprint density at radius 3 is 2.95 bits per heavy atom. The molecule has 3 N–H and O–H groups in total. The second kappa shape index (κ2) is 11.6. The molecule has 2 aromatic rings. The lowest BCUT2D eigenvalue weighted by Gasteiger charge is -2.49. The van der Waals surface area contributed by atoms with Gasteiger partial charge in [0.05, 0.1) is 0 Å². The van der Waals surface area contributed by atoms with Gasteiger partial charge in [-0.2, -0.15) is 0 Å². The molecule has 38 heavy (non-hydrogen) atoms. The molecule has 0 bridgehead atoms. The molecule has 5 rings (SSSR count).